The SMILES string of the molecule is Cl.Cl.Cn1cnc2c(c1=O)CCNC2. The zero-order valence-corrected chi connectivity index (χ0v) is 9.45. The average molecular weight is 238 g/mol. The Labute approximate surface area is 94.6 Å². The molecule has 0 aromatic carbocycles. The van der Waals surface area contributed by atoms with Crippen LogP contribution in [0.3, 0.4) is 0 Å². The molecule has 0 fully saturated rings. The number of fused-ring (bicyclic) bond motifs is 1. The summed E-state index contributed by atoms with van der Waals surface area (Å²) < 4.78 is 1.53. The Hall–Kier alpha value is -0.580. The van der Waals surface area contributed by atoms with Crippen molar-refractivity contribution in [3.8, 4) is 0 Å². The van der Waals surface area contributed by atoms with Gasteiger partial charge >= 0.3 is 0 Å². The minimum absolute atomic E-state index is 0. The van der Waals surface area contributed by atoms with Crippen LogP contribution in [-0.2, 0) is 20.0 Å². The Kier molecular flexibility index (Phi) is 5.12. The highest BCUT2D eigenvalue weighted by Gasteiger charge is 2.13. The summed E-state index contributed by atoms with van der Waals surface area (Å²) in [7, 11) is 1.73. The third-order valence-electron chi connectivity index (χ3n) is 2.16. The van der Waals surface area contributed by atoms with Crippen molar-refractivity contribution in [2.45, 2.75) is 13.0 Å². The largest absolute Gasteiger partial charge is 0.311 e. The molecule has 0 spiro atoms. The smallest absolute Gasteiger partial charge is 0.256 e. The van der Waals surface area contributed by atoms with Crippen molar-refractivity contribution in [1.29, 1.82) is 0 Å². The molecule has 2 rings (SSSR count). The molecule has 0 atom stereocenters. The second-order valence-electron chi connectivity index (χ2n) is 3.01. The van der Waals surface area contributed by atoms with E-state index in [4.69, 9.17) is 0 Å². The zero-order chi connectivity index (χ0) is 8.55. The van der Waals surface area contributed by atoms with E-state index >= 15 is 0 Å². The average Bonchev–Trinajstić information content (AvgIpc) is 2.12. The van der Waals surface area contributed by atoms with Crippen molar-refractivity contribution in [3.05, 3.63) is 27.9 Å². The fourth-order valence-corrected chi connectivity index (χ4v) is 1.45. The molecule has 2 heterocycles. The lowest BCUT2D eigenvalue weighted by Gasteiger charge is -2.15. The molecular formula is C8H13Cl2N3O. The maximum Gasteiger partial charge on any atom is 0.256 e. The minimum Gasteiger partial charge on any atom is -0.311 e. The van der Waals surface area contributed by atoms with Crippen LogP contribution in [0, 0.1) is 0 Å². The third-order valence-corrected chi connectivity index (χ3v) is 2.16. The van der Waals surface area contributed by atoms with Gasteiger partial charge in [-0.15, -0.1) is 24.8 Å². The van der Waals surface area contributed by atoms with E-state index in [-0.39, 0.29) is 30.4 Å². The molecule has 0 saturated carbocycles. The fraction of sp³-hybridized carbons (Fsp3) is 0.500. The van der Waals surface area contributed by atoms with E-state index in [2.05, 4.69) is 10.3 Å². The van der Waals surface area contributed by atoms with Gasteiger partial charge in [0.05, 0.1) is 12.0 Å². The molecule has 0 aliphatic carbocycles. The minimum atomic E-state index is 0. The number of halogens is 2. The molecule has 0 unspecified atom stereocenters. The van der Waals surface area contributed by atoms with Gasteiger partial charge in [-0.05, 0) is 13.0 Å². The molecule has 4 nitrogen and oxygen atoms in total. The normalized spacial score (nSPS) is 13.5. The molecule has 6 heteroatoms. The third kappa shape index (κ3) is 2.26. The van der Waals surface area contributed by atoms with Crippen LogP contribution in [0.15, 0.2) is 11.1 Å². The zero-order valence-electron chi connectivity index (χ0n) is 7.82. The van der Waals surface area contributed by atoms with Crippen molar-refractivity contribution in [2.75, 3.05) is 6.54 Å². The van der Waals surface area contributed by atoms with Gasteiger partial charge in [0, 0.05) is 19.2 Å². The van der Waals surface area contributed by atoms with Crippen molar-refractivity contribution < 1.29 is 0 Å². The van der Waals surface area contributed by atoms with E-state index in [1.807, 2.05) is 0 Å². The first-order chi connectivity index (χ1) is 5.79. The first-order valence-corrected chi connectivity index (χ1v) is 4.03. The van der Waals surface area contributed by atoms with Crippen molar-refractivity contribution in [3.63, 3.8) is 0 Å². The molecule has 0 radical (unpaired) electrons. The van der Waals surface area contributed by atoms with Crippen molar-refractivity contribution in [2.24, 2.45) is 7.05 Å². The van der Waals surface area contributed by atoms with E-state index in [0.29, 0.717) is 0 Å². The highest BCUT2D eigenvalue weighted by Crippen LogP contribution is 2.04. The predicted molar refractivity (Wildman–Crippen MR) is 59.4 cm³/mol. The molecular weight excluding hydrogens is 225 g/mol. The van der Waals surface area contributed by atoms with Crippen LogP contribution >= 0.6 is 24.8 Å². The Balaban J connectivity index is 0.000000845. The maximum absolute atomic E-state index is 11.5. The van der Waals surface area contributed by atoms with Crippen LogP contribution in [0.1, 0.15) is 11.3 Å². The molecule has 0 amide bonds. The number of nitrogens with one attached hydrogen (secondary N) is 1. The second-order valence-corrected chi connectivity index (χ2v) is 3.01. The van der Waals surface area contributed by atoms with Gasteiger partial charge in [-0.25, -0.2) is 4.98 Å². The lowest BCUT2D eigenvalue weighted by Crippen LogP contribution is -2.33. The molecule has 0 bridgehead atoms. The molecule has 1 aliphatic heterocycles. The number of hydrogen-bond donors (Lipinski definition) is 1. The van der Waals surface area contributed by atoms with Crippen LogP contribution < -0.4 is 10.9 Å². The monoisotopic (exact) mass is 237 g/mol. The molecule has 14 heavy (non-hydrogen) atoms. The maximum atomic E-state index is 11.5. The molecule has 80 valence electrons. The van der Waals surface area contributed by atoms with Gasteiger partial charge in [0.1, 0.15) is 0 Å². The second kappa shape index (κ2) is 5.34. The lowest BCUT2D eigenvalue weighted by molar-refractivity contribution is 0.605. The number of hydrogen-bond acceptors (Lipinski definition) is 3. The summed E-state index contributed by atoms with van der Waals surface area (Å²) >= 11 is 0. The van der Waals surface area contributed by atoms with E-state index in [1.54, 1.807) is 13.4 Å². The number of rotatable bonds is 0. The van der Waals surface area contributed by atoms with Gasteiger partial charge in [-0.1, -0.05) is 0 Å². The predicted octanol–water partition coefficient (Wildman–Crippen LogP) is 0.270. The van der Waals surface area contributed by atoms with E-state index in [0.717, 1.165) is 30.8 Å². The first kappa shape index (κ1) is 13.4. The Bertz CT molecular complexity index is 364. The summed E-state index contributed by atoms with van der Waals surface area (Å²) in [5, 5.41) is 3.18. The Morgan fingerprint density at radius 3 is 2.93 bits per heavy atom. The summed E-state index contributed by atoms with van der Waals surface area (Å²) in [6.45, 7) is 1.61. The van der Waals surface area contributed by atoms with Crippen LogP contribution in [0.25, 0.3) is 0 Å². The van der Waals surface area contributed by atoms with Gasteiger partial charge in [0.25, 0.3) is 5.56 Å². The quantitative estimate of drug-likeness (QED) is 0.705. The number of aromatic nitrogens is 2. The van der Waals surface area contributed by atoms with Crippen LogP contribution in [0.2, 0.25) is 0 Å². The number of aryl methyl sites for hydroxylation is 1. The Morgan fingerprint density at radius 2 is 2.21 bits per heavy atom. The summed E-state index contributed by atoms with van der Waals surface area (Å²) in [6, 6.07) is 0. The molecule has 1 aromatic rings. The number of nitrogens with zero attached hydrogens (tertiary/aromatic N) is 2. The van der Waals surface area contributed by atoms with Gasteiger partial charge in [-0.3, -0.25) is 4.79 Å². The van der Waals surface area contributed by atoms with E-state index < -0.39 is 0 Å². The van der Waals surface area contributed by atoms with Gasteiger partial charge in [0.15, 0.2) is 0 Å². The van der Waals surface area contributed by atoms with Gasteiger partial charge in [0.2, 0.25) is 0 Å². The summed E-state index contributed by atoms with van der Waals surface area (Å²) in [4.78, 5) is 15.7. The van der Waals surface area contributed by atoms with E-state index in [9.17, 15) is 4.79 Å². The van der Waals surface area contributed by atoms with Crippen LogP contribution in [-0.4, -0.2) is 16.1 Å². The summed E-state index contributed by atoms with van der Waals surface area (Å²) in [5.41, 5.74) is 1.88. The standard InChI is InChI=1S/C8H11N3O.2ClH/c1-11-5-10-7-4-9-3-2-6(7)8(11)12;;/h5,9H,2-4H2,1H3;2*1H. The van der Waals surface area contributed by atoms with Crippen molar-refractivity contribution in [1.82, 2.24) is 14.9 Å². The summed E-state index contributed by atoms with van der Waals surface area (Å²) in [6.07, 6.45) is 2.38. The Morgan fingerprint density at radius 1 is 1.50 bits per heavy atom. The highest BCUT2D eigenvalue weighted by molar-refractivity contribution is 5.85. The lowest BCUT2D eigenvalue weighted by atomic mass is 10.1. The molecule has 1 aromatic heterocycles. The fourth-order valence-electron chi connectivity index (χ4n) is 1.45. The molecule has 1 aliphatic rings. The van der Waals surface area contributed by atoms with E-state index in [1.165, 1.54) is 4.57 Å². The van der Waals surface area contributed by atoms with Gasteiger partial charge in [-0.2, -0.15) is 0 Å². The van der Waals surface area contributed by atoms with Crippen molar-refractivity contribution >= 4 is 24.8 Å². The van der Waals surface area contributed by atoms with Gasteiger partial charge < -0.3 is 9.88 Å². The van der Waals surface area contributed by atoms with Crippen LogP contribution in [0.5, 0.6) is 0 Å². The highest BCUT2D eigenvalue weighted by atomic mass is 35.5. The molecule has 0 saturated heterocycles. The summed E-state index contributed by atoms with van der Waals surface area (Å²) in [5.74, 6) is 0. The molecule has 1 N–H and O–H groups in total. The van der Waals surface area contributed by atoms with Crippen LogP contribution in [0.4, 0.5) is 0 Å². The first-order valence-electron chi connectivity index (χ1n) is 4.03. The topological polar surface area (TPSA) is 46.9 Å².